The number of aromatic hydroxyl groups is 1. The molecule has 1 rings (SSSR count). The fourth-order valence-electron chi connectivity index (χ4n) is 0.508. The largest absolute Gasteiger partial charge is 0.506 e. The molecule has 0 bridgehead atoms. The van der Waals surface area contributed by atoms with Crippen LogP contribution in [0.2, 0.25) is 5.02 Å². The van der Waals surface area contributed by atoms with Gasteiger partial charge >= 0.3 is 0 Å². The summed E-state index contributed by atoms with van der Waals surface area (Å²) < 4.78 is 0. The molecule has 0 saturated carbocycles. The Morgan fingerprint density at radius 2 is 2.11 bits per heavy atom. The number of hydrogen-bond acceptors (Lipinski definition) is 2. The molecule has 0 spiro atoms. The van der Waals surface area contributed by atoms with Gasteiger partial charge in [0.1, 0.15) is 5.75 Å². The first-order valence-electron chi connectivity index (χ1n) is 2.38. The van der Waals surface area contributed by atoms with Gasteiger partial charge in [-0.15, -0.1) is 12.6 Å². The van der Waals surface area contributed by atoms with Gasteiger partial charge in [-0.3, -0.25) is 0 Å². The maximum absolute atomic E-state index is 8.92. The molecule has 0 heterocycles. The number of benzene rings is 1. The van der Waals surface area contributed by atoms with Crippen LogP contribution in [0.3, 0.4) is 0 Å². The molecule has 1 aromatic rings. The summed E-state index contributed by atoms with van der Waals surface area (Å²) in [5, 5.41) is 9.23. The van der Waals surface area contributed by atoms with E-state index in [-0.39, 0.29) is 5.75 Å². The molecule has 0 unspecified atom stereocenters. The predicted molar refractivity (Wildman–Crippen MR) is 40.4 cm³/mol. The third-order valence-corrected chi connectivity index (χ3v) is 1.86. The molecule has 0 aliphatic heterocycles. The Kier molecular flexibility index (Phi) is 1.88. The minimum Gasteiger partial charge on any atom is -0.506 e. The topological polar surface area (TPSA) is 20.2 Å². The van der Waals surface area contributed by atoms with E-state index in [1.165, 1.54) is 6.07 Å². The third-order valence-electron chi connectivity index (χ3n) is 0.958. The molecule has 3 heteroatoms. The molecule has 1 N–H and O–H groups in total. The Labute approximate surface area is 63.7 Å². The summed E-state index contributed by atoms with van der Waals surface area (Å²) in [5.41, 5.74) is 0. The molecule has 0 aliphatic carbocycles. The van der Waals surface area contributed by atoms with Crippen molar-refractivity contribution in [3.63, 3.8) is 0 Å². The maximum atomic E-state index is 8.92. The van der Waals surface area contributed by atoms with Crippen molar-refractivity contribution in [1.82, 2.24) is 0 Å². The van der Waals surface area contributed by atoms with Crippen LogP contribution in [0.4, 0.5) is 0 Å². The highest BCUT2D eigenvalue weighted by atomic mass is 35.5. The molecule has 48 valence electrons. The predicted octanol–water partition coefficient (Wildman–Crippen LogP) is 2.33. The first kappa shape index (κ1) is 6.78. The molecular formula is C6H5ClOS. The van der Waals surface area contributed by atoms with E-state index in [1.807, 2.05) is 0 Å². The molecule has 0 aliphatic rings. The second-order valence-corrected chi connectivity index (χ2v) is 2.47. The van der Waals surface area contributed by atoms with E-state index in [0.717, 1.165) is 0 Å². The van der Waals surface area contributed by atoms with Crippen molar-refractivity contribution >= 4 is 24.2 Å². The molecule has 1 aromatic carbocycles. The number of thiol groups is 1. The van der Waals surface area contributed by atoms with Gasteiger partial charge in [-0.25, -0.2) is 0 Å². The van der Waals surface area contributed by atoms with Crippen LogP contribution in [0.1, 0.15) is 0 Å². The zero-order valence-corrected chi connectivity index (χ0v) is 6.15. The average Bonchev–Trinajstić information content (AvgIpc) is 1.83. The highest BCUT2D eigenvalue weighted by Gasteiger charge is 1.98. The SMILES string of the molecule is Oc1cccc(S)c1Cl. The smallest absolute Gasteiger partial charge is 0.135 e. The van der Waals surface area contributed by atoms with Crippen molar-refractivity contribution in [2.75, 3.05) is 0 Å². The highest BCUT2D eigenvalue weighted by Crippen LogP contribution is 2.28. The zero-order chi connectivity index (χ0) is 6.85. The van der Waals surface area contributed by atoms with Gasteiger partial charge in [0, 0.05) is 4.90 Å². The van der Waals surface area contributed by atoms with Gasteiger partial charge in [-0.05, 0) is 12.1 Å². The van der Waals surface area contributed by atoms with Crippen LogP contribution in [0, 0.1) is 0 Å². The van der Waals surface area contributed by atoms with E-state index in [1.54, 1.807) is 12.1 Å². The number of hydrogen-bond donors (Lipinski definition) is 2. The van der Waals surface area contributed by atoms with Crippen LogP contribution in [0.5, 0.6) is 5.75 Å². The molecular weight excluding hydrogens is 156 g/mol. The van der Waals surface area contributed by atoms with Crippen LogP contribution < -0.4 is 0 Å². The Bertz CT molecular complexity index is 204. The fourth-order valence-corrected chi connectivity index (χ4v) is 0.835. The Hall–Kier alpha value is -0.340. The van der Waals surface area contributed by atoms with Gasteiger partial charge in [-0.1, -0.05) is 17.7 Å². The second-order valence-electron chi connectivity index (χ2n) is 1.61. The Morgan fingerprint density at radius 3 is 2.56 bits per heavy atom. The summed E-state index contributed by atoms with van der Waals surface area (Å²) in [6, 6.07) is 4.91. The number of halogens is 1. The van der Waals surface area contributed by atoms with E-state index in [9.17, 15) is 0 Å². The summed E-state index contributed by atoms with van der Waals surface area (Å²) in [7, 11) is 0. The normalized spacial score (nSPS) is 9.56. The lowest BCUT2D eigenvalue weighted by atomic mass is 10.3. The lowest BCUT2D eigenvalue weighted by molar-refractivity contribution is 0.474. The van der Waals surface area contributed by atoms with E-state index >= 15 is 0 Å². The summed E-state index contributed by atoms with van der Waals surface area (Å²) >= 11 is 9.53. The van der Waals surface area contributed by atoms with Crippen molar-refractivity contribution in [3.8, 4) is 5.75 Å². The number of rotatable bonds is 0. The minimum atomic E-state index is 0.0733. The Balaban J connectivity index is 3.25. The quantitative estimate of drug-likeness (QED) is 0.559. The van der Waals surface area contributed by atoms with Gasteiger partial charge in [0.15, 0.2) is 0 Å². The summed E-state index contributed by atoms with van der Waals surface area (Å²) in [6.07, 6.45) is 0. The molecule has 0 saturated heterocycles. The lowest BCUT2D eigenvalue weighted by Crippen LogP contribution is -1.68. The summed E-state index contributed by atoms with van der Waals surface area (Å²) in [5.74, 6) is 0.0733. The average molecular weight is 161 g/mol. The van der Waals surface area contributed by atoms with Crippen LogP contribution in [-0.4, -0.2) is 5.11 Å². The summed E-state index contributed by atoms with van der Waals surface area (Å²) in [6.45, 7) is 0. The van der Waals surface area contributed by atoms with Crippen LogP contribution >= 0.6 is 24.2 Å². The van der Waals surface area contributed by atoms with Crippen molar-refractivity contribution in [3.05, 3.63) is 23.2 Å². The minimum absolute atomic E-state index is 0.0733. The zero-order valence-electron chi connectivity index (χ0n) is 4.50. The first-order chi connectivity index (χ1) is 4.22. The van der Waals surface area contributed by atoms with Crippen LogP contribution in [0.15, 0.2) is 23.1 Å². The van der Waals surface area contributed by atoms with Gasteiger partial charge in [-0.2, -0.15) is 0 Å². The van der Waals surface area contributed by atoms with E-state index < -0.39 is 0 Å². The second kappa shape index (κ2) is 2.50. The van der Waals surface area contributed by atoms with Gasteiger partial charge in [0.05, 0.1) is 5.02 Å². The van der Waals surface area contributed by atoms with Crippen molar-refractivity contribution in [2.24, 2.45) is 0 Å². The first-order valence-corrected chi connectivity index (χ1v) is 3.21. The molecule has 9 heavy (non-hydrogen) atoms. The van der Waals surface area contributed by atoms with Gasteiger partial charge < -0.3 is 5.11 Å². The number of phenolic OH excluding ortho intramolecular Hbond substituents is 1. The van der Waals surface area contributed by atoms with Gasteiger partial charge in [0.25, 0.3) is 0 Å². The van der Waals surface area contributed by atoms with Gasteiger partial charge in [0.2, 0.25) is 0 Å². The van der Waals surface area contributed by atoms with Crippen LogP contribution in [0.25, 0.3) is 0 Å². The molecule has 0 aromatic heterocycles. The molecule has 0 fully saturated rings. The maximum Gasteiger partial charge on any atom is 0.135 e. The summed E-state index contributed by atoms with van der Waals surface area (Å²) in [4.78, 5) is 0.594. The highest BCUT2D eigenvalue weighted by molar-refractivity contribution is 7.80. The molecule has 0 atom stereocenters. The van der Waals surface area contributed by atoms with E-state index in [0.29, 0.717) is 9.92 Å². The Morgan fingerprint density at radius 1 is 1.44 bits per heavy atom. The fraction of sp³-hybridized carbons (Fsp3) is 0. The van der Waals surface area contributed by atoms with Crippen molar-refractivity contribution in [2.45, 2.75) is 4.90 Å². The molecule has 0 radical (unpaired) electrons. The van der Waals surface area contributed by atoms with Crippen LogP contribution in [-0.2, 0) is 0 Å². The number of phenols is 1. The van der Waals surface area contributed by atoms with E-state index in [4.69, 9.17) is 16.7 Å². The van der Waals surface area contributed by atoms with Crippen molar-refractivity contribution in [1.29, 1.82) is 0 Å². The molecule has 1 nitrogen and oxygen atoms in total. The standard InChI is InChI=1S/C6H5ClOS/c7-6-4(8)2-1-3-5(6)9/h1-3,8-9H. The van der Waals surface area contributed by atoms with Crippen molar-refractivity contribution < 1.29 is 5.11 Å². The monoisotopic (exact) mass is 160 g/mol. The third kappa shape index (κ3) is 1.32. The van der Waals surface area contributed by atoms with E-state index in [2.05, 4.69) is 12.6 Å². The lowest BCUT2D eigenvalue weighted by Gasteiger charge is -1.96. The molecule has 0 amide bonds.